The standard InChI is InChI=1S/C24H24ClF4N3O4S/c25-18-3-1-14-11-16(12-17(14)20(18)26)31-15-2-4-19(30-13-15)21(24(27,28)29)32-7-8-36-23(22(32)33)5-9-37(34,35)10-6-23/h1-4,13,16,21,31H,5-12H2. The van der Waals surface area contributed by atoms with Crippen LogP contribution in [0.15, 0.2) is 30.5 Å². The molecule has 2 saturated heterocycles. The number of ether oxygens (including phenoxy) is 1. The number of pyridine rings is 1. The molecule has 2 unspecified atom stereocenters. The molecule has 2 aromatic rings. The molecule has 0 bridgehead atoms. The van der Waals surface area contributed by atoms with Crippen molar-refractivity contribution in [2.45, 2.75) is 49.5 Å². The number of hydrogen-bond donors (Lipinski definition) is 1. The van der Waals surface area contributed by atoms with Crippen LogP contribution in [0.25, 0.3) is 0 Å². The van der Waals surface area contributed by atoms with Crippen molar-refractivity contribution in [3.63, 3.8) is 0 Å². The highest BCUT2D eigenvalue weighted by Crippen LogP contribution is 2.42. The maximum atomic E-state index is 14.3. The summed E-state index contributed by atoms with van der Waals surface area (Å²) in [5.41, 5.74) is -0.154. The van der Waals surface area contributed by atoms with E-state index in [4.69, 9.17) is 16.3 Å². The van der Waals surface area contributed by atoms with Crippen LogP contribution in [0.5, 0.6) is 0 Å². The monoisotopic (exact) mass is 561 g/mol. The lowest BCUT2D eigenvalue weighted by Crippen LogP contribution is -2.61. The fourth-order valence-corrected chi connectivity index (χ4v) is 7.02. The Bertz CT molecular complexity index is 1310. The first-order chi connectivity index (χ1) is 17.4. The summed E-state index contributed by atoms with van der Waals surface area (Å²) in [6.45, 7) is -0.436. The number of fused-ring (bicyclic) bond motifs is 1. The molecule has 1 aliphatic carbocycles. The van der Waals surface area contributed by atoms with Gasteiger partial charge in [-0.15, -0.1) is 0 Å². The van der Waals surface area contributed by atoms with Gasteiger partial charge in [0.2, 0.25) is 0 Å². The van der Waals surface area contributed by atoms with E-state index in [1.165, 1.54) is 24.4 Å². The van der Waals surface area contributed by atoms with Crippen LogP contribution in [-0.2, 0) is 32.2 Å². The van der Waals surface area contributed by atoms with Gasteiger partial charge in [-0.05, 0) is 55.0 Å². The Balaban J connectivity index is 1.34. The van der Waals surface area contributed by atoms with E-state index < -0.39 is 39.4 Å². The van der Waals surface area contributed by atoms with Gasteiger partial charge in [-0.25, -0.2) is 12.8 Å². The number of amides is 1. The van der Waals surface area contributed by atoms with E-state index in [2.05, 4.69) is 10.3 Å². The third-order valence-electron chi connectivity index (χ3n) is 7.26. The van der Waals surface area contributed by atoms with Crippen molar-refractivity contribution in [3.05, 3.63) is 58.1 Å². The maximum Gasteiger partial charge on any atom is 0.414 e. The first kappa shape index (κ1) is 26.2. The Morgan fingerprint density at radius 1 is 1.16 bits per heavy atom. The van der Waals surface area contributed by atoms with Crippen molar-refractivity contribution in [2.75, 3.05) is 30.0 Å². The van der Waals surface area contributed by atoms with Gasteiger partial charge in [0.05, 0.1) is 40.7 Å². The first-order valence-electron chi connectivity index (χ1n) is 11.8. The number of benzene rings is 1. The van der Waals surface area contributed by atoms with Crippen molar-refractivity contribution in [2.24, 2.45) is 0 Å². The van der Waals surface area contributed by atoms with Gasteiger partial charge in [-0.2, -0.15) is 13.2 Å². The van der Waals surface area contributed by atoms with E-state index in [0.717, 1.165) is 5.56 Å². The zero-order valence-electron chi connectivity index (χ0n) is 19.5. The van der Waals surface area contributed by atoms with Crippen LogP contribution in [0.1, 0.15) is 35.7 Å². The van der Waals surface area contributed by atoms with Gasteiger partial charge < -0.3 is 15.0 Å². The summed E-state index contributed by atoms with van der Waals surface area (Å²) in [6, 6.07) is 3.42. The topological polar surface area (TPSA) is 88.6 Å². The number of halogens is 5. The highest BCUT2D eigenvalue weighted by atomic mass is 35.5. The Labute approximate surface area is 216 Å². The molecule has 1 amide bonds. The molecule has 1 N–H and O–H groups in total. The molecule has 2 atom stereocenters. The molecule has 7 nitrogen and oxygen atoms in total. The first-order valence-corrected chi connectivity index (χ1v) is 14.0. The highest BCUT2D eigenvalue weighted by molar-refractivity contribution is 7.91. The van der Waals surface area contributed by atoms with E-state index in [9.17, 15) is 30.8 Å². The van der Waals surface area contributed by atoms with E-state index in [1.54, 1.807) is 6.07 Å². The summed E-state index contributed by atoms with van der Waals surface area (Å²) in [4.78, 5) is 18.0. The minimum Gasteiger partial charge on any atom is -0.380 e. The number of morpholine rings is 1. The molecular formula is C24H24ClF4N3O4S. The highest BCUT2D eigenvalue weighted by Gasteiger charge is 2.55. The van der Waals surface area contributed by atoms with Crippen LogP contribution in [-0.4, -0.2) is 66.7 Å². The molecule has 2 aliphatic heterocycles. The lowest BCUT2D eigenvalue weighted by atomic mass is 9.91. The zero-order chi connectivity index (χ0) is 26.6. The number of alkyl halides is 3. The lowest BCUT2D eigenvalue weighted by Gasteiger charge is -2.46. The van der Waals surface area contributed by atoms with Gasteiger partial charge >= 0.3 is 6.18 Å². The fraction of sp³-hybridized carbons (Fsp3) is 0.500. The third-order valence-corrected chi connectivity index (χ3v) is 9.21. The predicted octanol–water partition coefficient (Wildman–Crippen LogP) is 3.86. The SMILES string of the molecule is O=C1N(C(c2ccc(NC3Cc4ccc(Cl)c(F)c4C3)cn2)C(F)(F)F)CCOC12CCS(=O)(=O)CC2. The number of carbonyl (C=O) groups is 1. The van der Waals surface area contributed by atoms with Gasteiger partial charge in [0, 0.05) is 12.6 Å². The Morgan fingerprint density at radius 3 is 2.54 bits per heavy atom. The van der Waals surface area contributed by atoms with Gasteiger partial charge in [-0.3, -0.25) is 9.78 Å². The number of aromatic nitrogens is 1. The summed E-state index contributed by atoms with van der Waals surface area (Å²) in [6.07, 6.45) is -3.03. The second kappa shape index (κ2) is 9.39. The summed E-state index contributed by atoms with van der Waals surface area (Å²) in [7, 11) is -3.36. The minimum absolute atomic E-state index is 0.0397. The molecule has 200 valence electrons. The Kier molecular flexibility index (Phi) is 6.64. The van der Waals surface area contributed by atoms with Crippen LogP contribution in [0.4, 0.5) is 23.2 Å². The average molecular weight is 562 g/mol. The smallest absolute Gasteiger partial charge is 0.380 e. The molecule has 2 fully saturated rings. The van der Waals surface area contributed by atoms with Crippen molar-refractivity contribution in [3.8, 4) is 0 Å². The minimum atomic E-state index is -4.82. The molecule has 37 heavy (non-hydrogen) atoms. The van der Waals surface area contributed by atoms with Crippen molar-refractivity contribution in [1.29, 1.82) is 0 Å². The molecule has 1 spiro atoms. The van der Waals surface area contributed by atoms with Crippen molar-refractivity contribution >= 4 is 33.0 Å². The molecular weight excluding hydrogens is 538 g/mol. The summed E-state index contributed by atoms with van der Waals surface area (Å²) in [5.74, 6) is -1.97. The van der Waals surface area contributed by atoms with Gasteiger partial charge in [0.1, 0.15) is 11.4 Å². The van der Waals surface area contributed by atoms with Gasteiger partial charge in [0.15, 0.2) is 15.9 Å². The molecule has 0 saturated carbocycles. The summed E-state index contributed by atoms with van der Waals surface area (Å²) >= 11 is 5.86. The van der Waals surface area contributed by atoms with E-state index in [1.807, 2.05) is 0 Å². The number of carbonyl (C=O) groups excluding carboxylic acids is 1. The number of hydrogen-bond acceptors (Lipinski definition) is 6. The Morgan fingerprint density at radius 2 is 1.89 bits per heavy atom. The normalized spacial score (nSPS) is 23.6. The predicted molar refractivity (Wildman–Crippen MR) is 128 cm³/mol. The molecule has 0 radical (unpaired) electrons. The van der Waals surface area contributed by atoms with Crippen molar-refractivity contribution < 1.29 is 35.5 Å². The third kappa shape index (κ3) is 5.03. The molecule has 1 aromatic carbocycles. The van der Waals surface area contributed by atoms with Crippen LogP contribution < -0.4 is 5.32 Å². The molecule has 1 aromatic heterocycles. The second-order valence-corrected chi connectivity index (χ2v) is 12.4. The molecule has 3 aliphatic rings. The number of nitrogens with one attached hydrogen (secondary N) is 1. The fourth-order valence-electron chi connectivity index (χ4n) is 5.36. The van der Waals surface area contributed by atoms with Gasteiger partial charge in [0.25, 0.3) is 5.91 Å². The zero-order valence-corrected chi connectivity index (χ0v) is 21.1. The van der Waals surface area contributed by atoms with E-state index >= 15 is 0 Å². The summed E-state index contributed by atoms with van der Waals surface area (Å²) in [5, 5.41) is 3.21. The van der Waals surface area contributed by atoms with Crippen LogP contribution in [0.2, 0.25) is 5.02 Å². The lowest BCUT2D eigenvalue weighted by molar-refractivity contribution is -0.217. The molecule has 3 heterocycles. The largest absolute Gasteiger partial charge is 0.414 e. The van der Waals surface area contributed by atoms with Crippen LogP contribution in [0.3, 0.4) is 0 Å². The van der Waals surface area contributed by atoms with Crippen LogP contribution >= 0.6 is 11.6 Å². The second-order valence-electron chi connectivity index (χ2n) is 9.66. The Hall–Kier alpha value is -2.44. The molecule has 13 heteroatoms. The number of sulfone groups is 1. The van der Waals surface area contributed by atoms with Crippen LogP contribution in [0, 0.1) is 5.82 Å². The van der Waals surface area contributed by atoms with Gasteiger partial charge in [-0.1, -0.05) is 17.7 Å². The van der Waals surface area contributed by atoms with E-state index in [0.29, 0.717) is 29.0 Å². The number of rotatable bonds is 4. The number of anilines is 1. The van der Waals surface area contributed by atoms with E-state index in [-0.39, 0.29) is 54.3 Å². The molecule has 5 rings (SSSR count). The maximum absolute atomic E-state index is 14.3. The average Bonchev–Trinajstić information content (AvgIpc) is 3.25. The quantitative estimate of drug-likeness (QED) is 0.570. The summed E-state index contributed by atoms with van der Waals surface area (Å²) < 4.78 is 86.3. The van der Waals surface area contributed by atoms with Crippen molar-refractivity contribution in [1.82, 2.24) is 9.88 Å². The number of nitrogens with zero attached hydrogens (tertiary/aromatic N) is 2.